The Balaban J connectivity index is 1.75. The molecule has 0 heterocycles. The molecule has 0 spiro atoms. The van der Waals surface area contributed by atoms with Gasteiger partial charge in [0.05, 0.1) is 13.1 Å². The molecule has 2 N–H and O–H groups in total. The molecule has 0 saturated carbocycles. The zero-order chi connectivity index (χ0) is 19.9. The van der Waals surface area contributed by atoms with Gasteiger partial charge in [0.15, 0.2) is 6.04 Å². The van der Waals surface area contributed by atoms with E-state index in [0.29, 0.717) is 12.1 Å². The largest absolute Gasteiger partial charge is 0.340 e. The summed E-state index contributed by atoms with van der Waals surface area (Å²) in [7, 11) is 1.91. The summed E-state index contributed by atoms with van der Waals surface area (Å²) in [6.45, 7) is 2.32. The number of quaternary nitrogens is 1. The highest BCUT2D eigenvalue weighted by atomic mass is 19.1. The number of rotatable bonds is 7. The minimum absolute atomic E-state index is 0.0634. The molecule has 4 heteroatoms. The minimum Gasteiger partial charge on any atom is -0.340 e. The molecule has 0 aliphatic heterocycles. The maximum absolute atomic E-state index is 14.0. The second-order valence-corrected chi connectivity index (χ2v) is 7.10. The van der Waals surface area contributed by atoms with Gasteiger partial charge in [0, 0.05) is 5.56 Å². The number of amides is 1. The highest BCUT2D eigenvalue weighted by Crippen LogP contribution is 2.21. The molecule has 0 aromatic heterocycles. The van der Waals surface area contributed by atoms with Crippen molar-refractivity contribution in [1.82, 2.24) is 5.32 Å². The Morgan fingerprint density at radius 1 is 0.893 bits per heavy atom. The molecule has 0 aliphatic rings. The lowest BCUT2D eigenvalue weighted by molar-refractivity contribution is -0.908. The summed E-state index contributed by atoms with van der Waals surface area (Å²) in [4.78, 5) is 13.9. The van der Waals surface area contributed by atoms with Crippen molar-refractivity contribution in [2.24, 2.45) is 0 Å². The summed E-state index contributed by atoms with van der Waals surface area (Å²) >= 11 is 0. The van der Waals surface area contributed by atoms with E-state index in [0.717, 1.165) is 16.0 Å². The lowest BCUT2D eigenvalue weighted by Gasteiger charge is -2.25. The number of nitrogens with one attached hydrogen (secondary N) is 2. The molecule has 144 valence electrons. The summed E-state index contributed by atoms with van der Waals surface area (Å²) in [6.07, 6.45) is 0. The first-order chi connectivity index (χ1) is 13.6. The highest BCUT2D eigenvalue weighted by Gasteiger charge is 2.26. The lowest BCUT2D eigenvalue weighted by atomic mass is 9.98. The Hall–Kier alpha value is -2.98. The number of hydrogen-bond acceptors (Lipinski definition) is 1. The van der Waals surface area contributed by atoms with Crippen molar-refractivity contribution < 1.29 is 14.1 Å². The van der Waals surface area contributed by atoms with E-state index in [4.69, 9.17) is 0 Å². The van der Waals surface area contributed by atoms with E-state index < -0.39 is 0 Å². The normalized spacial score (nSPS) is 13.1. The van der Waals surface area contributed by atoms with Crippen LogP contribution in [0.25, 0.3) is 0 Å². The van der Waals surface area contributed by atoms with E-state index in [1.165, 1.54) is 6.07 Å². The van der Waals surface area contributed by atoms with Crippen molar-refractivity contribution in [3.05, 3.63) is 107 Å². The van der Waals surface area contributed by atoms with Crippen molar-refractivity contribution >= 4 is 5.91 Å². The van der Waals surface area contributed by atoms with Crippen molar-refractivity contribution in [2.45, 2.75) is 25.6 Å². The van der Waals surface area contributed by atoms with Gasteiger partial charge in [-0.1, -0.05) is 78.9 Å². The van der Waals surface area contributed by atoms with Crippen LogP contribution in [0.2, 0.25) is 0 Å². The second kappa shape index (κ2) is 9.29. The molecule has 3 nitrogen and oxygen atoms in total. The first-order valence-corrected chi connectivity index (χ1v) is 9.52. The van der Waals surface area contributed by atoms with Gasteiger partial charge < -0.3 is 10.2 Å². The van der Waals surface area contributed by atoms with Gasteiger partial charge in [0.2, 0.25) is 0 Å². The van der Waals surface area contributed by atoms with Crippen LogP contribution >= 0.6 is 0 Å². The molecule has 3 aromatic carbocycles. The first kappa shape index (κ1) is 19.8. The van der Waals surface area contributed by atoms with E-state index in [-0.39, 0.29) is 23.8 Å². The smallest absolute Gasteiger partial charge is 0.278 e. The van der Waals surface area contributed by atoms with Gasteiger partial charge >= 0.3 is 0 Å². The molecule has 3 aromatic rings. The van der Waals surface area contributed by atoms with E-state index in [1.807, 2.05) is 80.7 Å². The van der Waals surface area contributed by atoms with Gasteiger partial charge in [-0.25, -0.2) is 4.39 Å². The molecule has 0 radical (unpaired) electrons. The predicted octanol–water partition coefficient (Wildman–Crippen LogP) is 3.13. The molecule has 0 aliphatic carbocycles. The van der Waals surface area contributed by atoms with Crippen molar-refractivity contribution in [3.8, 4) is 0 Å². The van der Waals surface area contributed by atoms with Crippen LogP contribution in [0.1, 0.15) is 29.7 Å². The van der Waals surface area contributed by atoms with Crippen LogP contribution in [-0.4, -0.2) is 19.0 Å². The average molecular weight is 377 g/mol. The summed E-state index contributed by atoms with van der Waals surface area (Å²) in [6, 6.07) is 26.0. The Labute approximate surface area is 165 Å². The monoisotopic (exact) mass is 377 g/mol. The van der Waals surface area contributed by atoms with Crippen molar-refractivity contribution in [3.63, 3.8) is 0 Å². The molecule has 2 atom stereocenters. The molecule has 3 rings (SSSR count). The van der Waals surface area contributed by atoms with Crippen LogP contribution in [-0.2, 0) is 11.3 Å². The number of benzene rings is 3. The number of carbonyl (C=O) groups is 1. The van der Waals surface area contributed by atoms with Crippen molar-refractivity contribution in [2.75, 3.05) is 7.05 Å². The molecule has 1 unspecified atom stereocenters. The van der Waals surface area contributed by atoms with Crippen LogP contribution in [0.15, 0.2) is 84.9 Å². The maximum atomic E-state index is 14.0. The highest BCUT2D eigenvalue weighted by molar-refractivity contribution is 5.80. The van der Waals surface area contributed by atoms with Crippen LogP contribution in [0.4, 0.5) is 4.39 Å². The average Bonchev–Trinajstić information content (AvgIpc) is 2.74. The van der Waals surface area contributed by atoms with Gasteiger partial charge in [0.25, 0.3) is 5.91 Å². The molecular formula is C24H26FN2O+. The molecule has 0 bridgehead atoms. The summed E-state index contributed by atoms with van der Waals surface area (Å²) < 4.78 is 14.0. The fraction of sp³-hybridized carbons (Fsp3) is 0.208. The number of hydrogen-bond donors (Lipinski definition) is 2. The van der Waals surface area contributed by atoms with E-state index in [2.05, 4.69) is 5.32 Å². The summed E-state index contributed by atoms with van der Waals surface area (Å²) in [5.74, 6) is -0.299. The van der Waals surface area contributed by atoms with E-state index in [1.54, 1.807) is 12.1 Å². The van der Waals surface area contributed by atoms with Crippen LogP contribution in [0.5, 0.6) is 0 Å². The van der Waals surface area contributed by atoms with Gasteiger partial charge in [0.1, 0.15) is 12.4 Å². The Kier molecular flexibility index (Phi) is 6.56. The molecule has 0 fully saturated rings. The first-order valence-electron chi connectivity index (χ1n) is 9.52. The standard InChI is InChI=1S/C24H25FN2O/c1-18(27(2)17-21-15-9-10-16-22(21)25)24(28)26-23(19-11-5-3-6-12-19)20-13-7-4-8-14-20/h3-16,18,23H,17H2,1-2H3,(H,26,28)/p+1/t18-/m1/s1. The fourth-order valence-corrected chi connectivity index (χ4v) is 3.24. The third-order valence-corrected chi connectivity index (χ3v) is 5.11. The summed E-state index contributed by atoms with van der Waals surface area (Å²) in [5, 5.41) is 3.18. The molecule has 28 heavy (non-hydrogen) atoms. The van der Waals surface area contributed by atoms with Gasteiger partial charge in [-0.05, 0) is 24.1 Å². The quantitative estimate of drug-likeness (QED) is 0.652. The lowest BCUT2D eigenvalue weighted by Crippen LogP contribution is -3.12. The third-order valence-electron chi connectivity index (χ3n) is 5.11. The van der Waals surface area contributed by atoms with E-state index in [9.17, 15) is 9.18 Å². The predicted molar refractivity (Wildman–Crippen MR) is 109 cm³/mol. The topological polar surface area (TPSA) is 33.5 Å². The molecular weight excluding hydrogens is 351 g/mol. The SMILES string of the molecule is C[C@H](C(=O)NC(c1ccccc1)c1ccccc1)[NH+](C)Cc1ccccc1F. The van der Waals surface area contributed by atoms with Gasteiger partial charge in [-0.15, -0.1) is 0 Å². The van der Waals surface area contributed by atoms with E-state index >= 15 is 0 Å². The Morgan fingerprint density at radius 3 is 1.93 bits per heavy atom. The second-order valence-electron chi connectivity index (χ2n) is 7.10. The van der Waals surface area contributed by atoms with Crippen LogP contribution in [0.3, 0.4) is 0 Å². The molecule has 1 amide bonds. The minimum atomic E-state index is -0.325. The van der Waals surface area contributed by atoms with Gasteiger partial charge in [-0.3, -0.25) is 4.79 Å². The zero-order valence-corrected chi connectivity index (χ0v) is 16.2. The zero-order valence-electron chi connectivity index (χ0n) is 16.2. The van der Waals surface area contributed by atoms with Crippen molar-refractivity contribution in [1.29, 1.82) is 0 Å². The van der Waals surface area contributed by atoms with Crippen LogP contribution < -0.4 is 10.2 Å². The molecule has 0 saturated heterocycles. The summed E-state index contributed by atoms with van der Waals surface area (Å²) in [5.41, 5.74) is 2.67. The fourth-order valence-electron chi connectivity index (χ4n) is 3.24. The maximum Gasteiger partial charge on any atom is 0.278 e. The number of likely N-dealkylation sites (N-methyl/N-ethyl adjacent to an activating group) is 1. The number of carbonyl (C=O) groups excluding carboxylic acids is 1. The van der Waals surface area contributed by atoms with Crippen LogP contribution in [0, 0.1) is 5.82 Å². The third kappa shape index (κ3) is 4.84. The number of halogens is 1. The Morgan fingerprint density at radius 2 is 1.39 bits per heavy atom. The Bertz CT molecular complexity index is 859. The van der Waals surface area contributed by atoms with Gasteiger partial charge in [-0.2, -0.15) is 0 Å².